The third kappa shape index (κ3) is 2.38. The van der Waals surface area contributed by atoms with Gasteiger partial charge >= 0.3 is 0 Å². The van der Waals surface area contributed by atoms with Crippen molar-refractivity contribution in [3.8, 4) is 10.6 Å². The second-order valence-electron chi connectivity index (χ2n) is 5.42. The van der Waals surface area contributed by atoms with Crippen LogP contribution in [0.15, 0.2) is 54.2 Å². The zero-order valence-corrected chi connectivity index (χ0v) is 12.8. The fourth-order valence-corrected chi connectivity index (χ4v) is 3.59. The van der Waals surface area contributed by atoms with E-state index in [-0.39, 0.29) is 6.04 Å². The average Bonchev–Trinajstić information content (AvgIpc) is 3.09. The lowest BCUT2D eigenvalue weighted by atomic mass is 9.96. The van der Waals surface area contributed by atoms with Gasteiger partial charge in [-0.05, 0) is 22.6 Å². The highest BCUT2D eigenvalue weighted by molar-refractivity contribution is 7.13. The van der Waals surface area contributed by atoms with Gasteiger partial charge in [-0.1, -0.05) is 30.3 Å². The SMILES string of the molecule is NC1CN(c2cc(-c3cccs3)ncn2)Cc2ccccc21. The molecule has 0 spiro atoms. The second-order valence-corrected chi connectivity index (χ2v) is 6.37. The normalized spacial score (nSPS) is 17.3. The number of fused-ring (bicyclic) bond motifs is 1. The number of hydrogen-bond donors (Lipinski definition) is 1. The Morgan fingerprint density at radius 1 is 1.14 bits per heavy atom. The predicted molar refractivity (Wildman–Crippen MR) is 89.8 cm³/mol. The Bertz CT molecular complexity index is 785. The van der Waals surface area contributed by atoms with Gasteiger partial charge in [0.2, 0.25) is 0 Å². The van der Waals surface area contributed by atoms with Crippen LogP contribution in [0.3, 0.4) is 0 Å². The summed E-state index contributed by atoms with van der Waals surface area (Å²) in [5.74, 6) is 0.934. The molecule has 0 radical (unpaired) electrons. The minimum atomic E-state index is 0.0186. The number of thiophene rings is 1. The molecule has 0 aliphatic carbocycles. The largest absolute Gasteiger partial charge is 0.350 e. The number of nitrogens with zero attached hydrogens (tertiary/aromatic N) is 3. The zero-order chi connectivity index (χ0) is 14.9. The number of hydrogen-bond acceptors (Lipinski definition) is 5. The molecular weight excluding hydrogens is 292 g/mol. The summed E-state index contributed by atoms with van der Waals surface area (Å²) in [5.41, 5.74) is 9.81. The molecule has 22 heavy (non-hydrogen) atoms. The van der Waals surface area contributed by atoms with Crippen LogP contribution >= 0.6 is 11.3 Å². The first-order chi connectivity index (χ1) is 10.8. The molecule has 0 amide bonds. The van der Waals surface area contributed by atoms with Gasteiger partial charge in [0, 0.05) is 25.2 Å². The Kier molecular flexibility index (Phi) is 3.36. The van der Waals surface area contributed by atoms with E-state index in [2.05, 4.69) is 44.5 Å². The van der Waals surface area contributed by atoms with Gasteiger partial charge in [-0.15, -0.1) is 11.3 Å². The van der Waals surface area contributed by atoms with Crippen LogP contribution in [-0.4, -0.2) is 16.5 Å². The quantitative estimate of drug-likeness (QED) is 0.790. The van der Waals surface area contributed by atoms with Crippen molar-refractivity contribution < 1.29 is 0 Å². The lowest BCUT2D eigenvalue weighted by Crippen LogP contribution is -2.37. The van der Waals surface area contributed by atoms with Gasteiger partial charge in [0.15, 0.2) is 0 Å². The van der Waals surface area contributed by atoms with E-state index in [1.807, 2.05) is 18.2 Å². The van der Waals surface area contributed by atoms with Gasteiger partial charge < -0.3 is 10.6 Å². The van der Waals surface area contributed by atoms with E-state index in [1.165, 1.54) is 11.1 Å². The summed E-state index contributed by atoms with van der Waals surface area (Å²) < 4.78 is 0. The first kappa shape index (κ1) is 13.4. The average molecular weight is 308 g/mol. The van der Waals surface area contributed by atoms with Crippen LogP contribution in [0.4, 0.5) is 5.82 Å². The van der Waals surface area contributed by atoms with Crippen molar-refractivity contribution in [1.82, 2.24) is 9.97 Å². The van der Waals surface area contributed by atoms with E-state index in [9.17, 15) is 0 Å². The number of anilines is 1. The fourth-order valence-electron chi connectivity index (χ4n) is 2.90. The van der Waals surface area contributed by atoms with Crippen LogP contribution in [0.5, 0.6) is 0 Å². The minimum absolute atomic E-state index is 0.0186. The molecule has 0 saturated carbocycles. The standard InChI is InChI=1S/C17H16N4S/c18-14-10-21(9-12-4-1-2-5-13(12)14)17-8-15(19-11-20-17)16-6-3-7-22-16/h1-8,11,14H,9-10,18H2. The highest BCUT2D eigenvalue weighted by Gasteiger charge is 2.23. The molecule has 110 valence electrons. The molecule has 0 bridgehead atoms. The van der Waals surface area contributed by atoms with Gasteiger partial charge in [-0.2, -0.15) is 0 Å². The summed E-state index contributed by atoms with van der Waals surface area (Å²) in [4.78, 5) is 12.2. The number of rotatable bonds is 2. The molecule has 3 aromatic rings. The Morgan fingerprint density at radius 3 is 2.91 bits per heavy atom. The molecular formula is C17H16N4S. The maximum Gasteiger partial charge on any atom is 0.132 e. The van der Waals surface area contributed by atoms with Crippen LogP contribution < -0.4 is 10.6 Å². The van der Waals surface area contributed by atoms with E-state index in [4.69, 9.17) is 5.73 Å². The summed E-state index contributed by atoms with van der Waals surface area (Å²) >= 11 is 1.69. The lowest BCUT2D eigenvalue weighted by molar-refractivity contribution is 0.613. The van der Waals surface area contributed by atoms with E-state index in [1.54, 1.807) is 17.7 Å². The number of benzene rings is 1. The zero-order valence-electron chi connectivity index (χ0n) is 12.0. The maximum absolute atomic E-state index is 6.32. The third-order valence-electron chi connectivity index (χ3n) is 3.98. The topological polar surface area (TPSA) is 55.0 Å². The Balaban J connectivity index is 1.68. The van der Waals surface area contributed by atoms with Crippen molar-refractivity contribution >= 4 is 17.2 Å². The van der Waals surface area contributed by atoms with Crippen LogP contribution in [0.1, 0.15) is 17.2 Å². The molecule has 1 aliphatic rings. The lowest BCUT2D eigenvalue weighted by Gasteiger charge is -2.33. The molecule has 4 nitrogen and oxygen atoms in total. The van der Waals surface area contributed by atoms with Gasteiger partial charge in [0.25, 0.3) is 0 Å². The van der Waals surface area contributed by atoms with Crippen molar-refractivity contribution in [3.05, 3.63) is 65.3 Å². The molecule has 3 heterocycles. The van der Waals surface area contributed by atoms with Gasteiger partial charge in [-0.25, -0.2) is 9.97 Å². The first-order valence-electron chi connectivity index (χ1n) is 7.25. The molecule has 1 unspecified atom stereocenters. The van der Waals surface area contributed by atoms with Crippen molar-refractivity contribution in [2.24, 2.45) is 5.73 Å². The molecule has 1 aromatic carbocycles. The van der Waals surface area contributed by atoms with E-state index in [0.717, 1.165) is 29.5 Å². The summed E-state index contributed by atoms with van der Waals surface area (Å²) in [7, 11) is 0. The van der Waals surface area contributed by atoms with E-state index < -0.39 is 0 Å². The van der Waals surface area contributed by atoms with Crippen LogP contribution in [0, 0.1) is 0 Å². The molecule has 4 rings (SSSR count). The molecule has 2 aromatic heterocycles. The first-order valence-corrected chi connectivity index (χ1v) is 8.13. The monoisotopic (exact) mass is 308 g/mol. The third-order valence-corrected chi connectivity index (χ3v) is 4.88. The summed E-state index contributed by atoms with van der Waals surface area (Å²) in [5, 5.41) is 2.06. The van der Waals surface area contributed by atoms with Crippen molar-refractivity contribution in [1.29, 1.82) is 0 Å². The number of aromatic nitrogens is 2. The van der Waals surface area contributed by atoms with Crippen molar-refractivity contribution in [2.75, 3.05) is 11.4 Å². The van der Waals surface area contributed by atoms with E-state index in [0.29, 0.717) is 0 Å². The van der Waals surface area contributed by atoms with Crippen molar-refractivity contribution in [3.63, 3.8) is 0 Å². The molecule has 5 heteroatoms. The summed E-state index contributed by atoms with van der Waals surface area (Å²) in [6.45, 7) is 1.61. The molecule has 2 N–H and O–H groups in total. The van der Waals surface area contributed by atoms with Crippen LogP contribution in [0.25, 0.3) is 10.6 Å². The Morgan fingerprint density at radius 2 is 2.05 bits per heavy atom. The smallest absolute Gasteiger partial charge is 0.132 e. The van der Waals surface area contributed by atoms with Gasteiger partial charge in [-0.3, -0.25) is 0 Å². The Hall–Kier alpha value is -2.24. The second kappa shape index (κ2) is 5.51. The fraction of sp³-hybridized carbons (Fsp3) is 0.176. The van der Waals surface area contributed by atoms with Crippen LogP contribution in [0.2, 0.25) is 0 Å². The Labute approximate surface area is 133 Å². The highest BCUT2D eigenvalue weighted by atomic mass is 32.1. The molecule has 1 aliphatic heterocycles. The van der Waals surface area contributed by atoms with Crippen molar-refractivity contribution in [2.45, 2.75) is 12.6 Å². The molecule has 0 saturated heterocycles. The maximum atomic E-state index is 6.32. The predicted octanol–water partition coefficient (Wildman–Crippen LogP) is 3.23. The van der Waals surface area contributed by atoms with Crippen LogP contribution in [-0.2, 0) is 6.54 Å². The molecule has 0 fully saturated rings. The highest BCUT2D eigenvalue weighted by Crippen LogP contribution is 2.30. The summed E-state index contributed by atoms with van der Waals surface area (Å²) in [6, 6.07) is 14.6. The summed E-state index contributed by atoms with van der Waals surface area (Å²) in [6.07, 6.45) is 1.64. The van der Waals surface area contributed by atoms with Gasteiger partial charge in [0.05, 0.1) is 10.6 Å². The van der Waals surface area contributed by atoms with Gasteiger partial charge in [0.1, 0.15) is 12.1 Å². The van der Waals surface area contributed by atoms with E-state index >= 15 is 0 Å². The molecule has 1 atom stereocenters. The number of nitrogens with two attached hydrogens (primary N) is 1. The minimum Gasteiger partial charge on any atom is -0.350 e.